The van der Waals surface area contributed by atoms with Gasteiger partial charge in [-0.1, -0.05) is 19.3 Å². The number of carbonyl (C=O) groups is 2. The maximum atomic E-state index is 12.4. The van der Waals surface area contributed by atoms with Crippen molar-refractivity contribution in [1.29, 1.82) is 0 Å². The Hall–Kier alpha value is -2.04. The molecule has 5 heteroatoms. The number of hydrogen-bond acceptors (Lipinski definition) is 4. The van der Waals surface area contributed by atoms with Crippen LogP contribution in [-0.4, -0.2) is 41.9 Å². The molecule has 0 saturated heterocycles. The van der Waals surface area contributed by atoms with Gasteiger partial charge >= 0.3 is 0 Å². The number of amides is 1. The Morgan fingerprint density at radius 2 is 2.00 bits per heavy atom. The van der Waals surface area contributed by atoms with E-state index in [9.17, 15) is 9.59 Å². The molecule has 0 unspecified atom stereocenters. The summed E-state index contributed by atoms with van der Waals surface area (Å²) >= 11 is 0. The lowest BCUT2D eigenvalue weighted by Gasteiger charge is -2.32. The van der Waals surface area contributed by atoms with E-state index >= 15 is 0 Å². The molecule has 0 N–H and O–H groups in total. The molecule has 5 nitrogen and oxygen atoms in total. The van der Waals surface area contributed by atoms with Gasteiger partial charge in [0.2, 0.25) is 0 Å². The Morgan fingerprint density at radius 1 is 1.28 bits per heavy atom. The van der Waals surface area contributed by atoms with E-state index in [0.29, 0.717) is 29.5 Å². The highest BCUT2D eigenvalue weighted by Crippen LogP contribution is 2.35. The first-order chi connectivity index (χ1) is 11.9. The number of nitrogens with zero attached hydrogens (tertiary/aromatic N) is 1. The van der Waals surface area contributed by atoms with E-state index in [-0.39, 0.29) is 18.3 Å². The molecule has 1 aliphatic carbocycles. The Kier molecular flexibility index (Phi) is 5.02. The summed E-state index contributed by atoms with van der Waals surface area (Å²) in [7, 11) is 1.86. The highest BCUT2D eigenvalue weighted by Gasteiger charge is 2.32. The zero-order valence-corrected chi connectivity index (χ0v) is 15.3. The standard InChI is InChI=1S/C20H27NO4/c1-20(2)12-17(22)16-11-15(9-10-18(16)25-20)24-13-19(23)21(3)14-7-5-4-6-8-14/h9-11,14H,4-8,12-13H2,1-3H3. The van der Waals surface area contributed by atoms with E-state index in [1.165, 1.54) is 19.3 Å². The number of carbonyl (C=O) groups excluding carboxylic acids is 2. The smallest absolute Gasteiger partial charge is 0.260 e. The number of rotatable bonds is 4. The molecule has 1 heterocycles. The van der Waals surface area contributed by atoms with Crippen LogP contribution in [-0.2, 0) is 4.79 Å². The van der Waals surface area contributed by atoms with Gasteiger partial charge in [-0.2, -0.15) is 0 Å². The summed E-state index contributed by atoms with van der Waals surface area (Å²) in [5, 5.41) is 0. The van der Waals surface area contributed by atoms with E-state index < -0.39 is 5.60 Å². The van der Waals surface area contributed by atoms with Crippen LogP contribution in [0.3, 0.4) is 0 Å². The molecule has 0 aromatic heterocycles. The molecule has 0 atom stereocenters. The molecule has 1 aromatic carbocycles. The maximum Gasteiger partial charge on any atom is 0.260 e. The van der Waals surface area contributed by atoms with E-state index in [1.807, 2.05) is 25.8 Å². The molecule has 1 saturated carbocycles. The van der Waals surface area contributed by atoms with Gasteiger partial charge in [0.05, 0.1) is 12.0 Å². The van der Waals surface area contributed by atoms with Crippen molar-refractivity contribution in [1.82, 2.24) is 4.90 Å². The summed E-state index contributed by atoms with van der Waals surface area (Å²) in [5.41, 5.74) is 0.0513. The second-order valence-electron chi connectivity index (χ2n) is 7.70. The van der Waals surface area contributed by atoms with Crippen LogP contribution >= 0.6 is 0 Å². The fourth-order valence-corrected chi connectivity index (χ4v) is 3.64. The van der Waals surface area contributed by atoms with Gasteiger partial charge in [-0.05, 0) is 44.9 Å². The van der Waals surface area contributed by atoms with Crippen LogP contribution in [0.4, 0.5) is 0 Å². The van der Waals surface area contributed by atoms with E-state index in [2.05, 4.69) is 0 Å². The summed E-state index contributed by atoms with van der Waals surface area (Å²) in [6, 6.07) is 5.51. The van der Waals surface area contributed by atoms with Crippen molar-refractivity contribution in [2.45, 2.75) is 64.0 Å². The Morgan fingerprint density at radius 3 is 2.72 bits per heavy atom. The molecular weight excluding hydrogens is 318 g/mol. The second-order valence-corrected chi connectivity index (χ2v) is 7.70. The van der Waals surface area contributed by atoms with Crippen LogP contribution < -0.4 is 9.47 Å². The minimum absolute atomic E-state index is 0.00761. The Bertz CT molecular complexity index is 662. The topological polar surface area (TPSA) is 55.8 Å². The molecule has 0 spiro atoms. The van der Waals surface area contributed by atoms with Crippen LogP contribution in [0.2, 0.25) is 0 Å². The lowest BCUT2D eigenvalue weighted by atomic mass is 9.93. The maximum absolute atomic E-state index is 12.4. The van der Waals surface area contributed by atoms with Gasteiger partial charge in [0.1, 0.15) is 17.1 Å². The second kappa shape index (κ2) is 7.06. The molecule has 25 heavy (non-hydrogen) atoms. The average Bonchev–Trinajstić information content (AvgIpc) is 2.59. The van der Waals surface area contributed by atoms with Crippen molar-refractivity contribution in [2.75, 3.05) is 13.7 Å². The monoisotopic (exact) mass is 345 g/mol. The lowest BCUT2D eigenvalue weighted by molar-refractivity contribution is -0.134. The molecule has 3 rings (SSSR count). The summed E-state index contributed by atoms with van der Waals surface area (Å²) in [4.78, 5) is 26.5. The van der Waals surface area contributed by atoms with Gasteiger partial charge in [-0.25, -0.2) is 0 Å². The fourth-order valence-electron chi connectivity index (χ4n) is 3.64. The predicted molar refractivity (Wildman–Crippen MR) is 95.2 cm³/mol. The molecule has 0 radical (unpaired) electrons. The van der Waals surface area contributed by atoms with Crippen LogP contribution in [0.25, 0.3) is 0 Å². The SMILES string of the molecule is CN(C(=O)COc1ccc2c(c1)C(=O)CC(C)(C)O2)C1CCCCC1. The van der Waals surface area contributed by atoms with E-state index in [0.717, 1.165) is 12.8 Å². The minimum Gasteiger partial charge on any atom is -0.487 e. The van der Waals surface area contributed by atoms with Gasteiger partial charge in [-0.3, -0.25) is 9.59 Å². The van der Waals surface area contributed by atoms with Crippen molar-refractivity contribution in [3.63, 3.8) is 0 Å². The zero-order chi connectivity index (χ0) is 18.0. The predicted octanol–water partition coefficient (Wildman–Crippen LogP) is 3.60. The van der Waals surface area contributed by atoms with Crippen molar-refractivity contribution in [3.05, 3.63) is 23.8 Å². The molecule has 1 aromatic rings. The lowest BCUT2D eigenvalue weighted by Crippen LogP contribution is -2.40. The molecule has 1 fully saturated rings. The first-order valence-corrected chi connectivity index (χ1v) is 9.10. The number of likely N-dealkylation sites (N-methyl/N-ethyl adjacent to an activating group) is 1. The third-order valence-corrected chi connectivity index (χ3v) is 5.10. The highest BCUT2D eigenvalue weighted by atomic mass is 16.5. The van der Waals surface area contributed by atoms with Crippen LogP contribution in [0.5, 0.6) is 11.5 Å². The molecule has 1 amide bonds. The summed E-state index contributed by atoms with van der Waals surface area (Å²) < 4.78 is 11.5. The van der Waals surface area contributed by atoms with Crippen molar-refractivity contribution in [2.24, 2.45) is 0 Å². The first kappa shape index (κ1) is 17.8. The molecule has 1 aliphatic heterocycles. The number of ketones is 1. The molecular formula is C20H27NO4. The summed E-state index contributed by atoms with van der Waals surface area (Å²) in [5.74, 6) is 1.13. The number of fused-ring (bicyclic) bond motifs is 1. The zero-order valence-electron chi connectivity index (χ0n) is 15.3. The van der Waals surface area contributed by atoms with Crippen LogP contribution in [0, 0.1) is 0 Å². The first-order valence-electron chi connectivity index (χ1n) is 9.10. The third-order valence-electron chi connectivity index (χ3n) is 5.10. The van der Waals surface area contributed by atoms with Crippen molar-refractivity contribution in [3.8, 4) is 11.5 Å². The van der Waals surface area contributed by atoms with Gasteiger partial charge in [0.15, 0.2) is 12.4 Å². The van der Waals surface area contributed by atoms with Crippen LogP contribution in [0.1, 0.15) is 62.7 Å². The number of hydrogen-bond donors (Lipinski definition) is 0. The summed E-state index contributed by atoms with van der Waals surface area (Å²) in [6.07, 6.45) is 6.12. The number of ether oxygens (including phenoxy) is 2. The van der Waals surface area contributed by atoms with E-state index in [4.69, 9.17) is 9.47 Å². The van der Waals surface area contributed by atoms with Gasteiger partial charge in [-0.15, -0.1) is 0 Å². The molecule has 0 bridgehead atoms. The fraction of sp³-hybridized carbons (Fsp3) is 0.600. The quantitative estimate of drug-likeness (QED) is 0.837. The number of benzene rings is 1. The van der Waals surface area contributed by atoms with Crippen molar-refractivity contribution < 1.29 is 19.1 Å². The van der Waals surface area contributed by atoms with Crippen molar-refractivity contribution >= 4 is 11.7 Å². The highest BCUT2D eigenvalue weighted by molar-refractivity contribution is 6.00. The normalized spacial score (nSPS) is 19.7. The average molecular weight is 345 g/mol. The third kappa shape index (κ3) is 4.14. The minimum atomic E-state index is -0.481. The number of Topliss-reactive ketones (excluding diaryl/α,β-unsaturated/α-hetero) is 1. The van der Waals surface area contributed by atoms with E-state index in [1.54, 1.807) is 18.2 Å². The van der Waals surface area contributed by atoms with Crippen LogP contribution in [0.15, 0.2) is 18.2 Å². The Labute approximate surface area is 149 Å². The molecule has 2 aliphatic rings. The molecule has 136 valence electrons. The van der Waals surface area contributed by atoms with Gasteiger partial charge < -0.3 is 14.4 Å². The van der Waals surface area contributed by atoms with Gasteiger partial charge in [0.25, 0.3) is 5.91 Å². The largest absolute Gasteiger partial charge is 0.487 e. The summed E-state index contributed by atoms with van der Waals surface area (Å²) in [6.45, 7) is 3.79. The van der Waals surface area contributed by atoms with Gasteiger partial charge in [0, 0.05) is 13.1 Å². The Balaban J connectivity index is 1.61.